The second-order valence-electron chi connectivity index (χ2n) is 7.67. The number of anilines is 1. The molecule has 0 radical (unpaired) electrons. The van der Waals surface area contributed by atoms with E-state index in [9.17, 15) is 9.18 Å². The van der Waals surface area contributed by atoms with E-state index in [2.05, 4.69) is 0 Å². The summed E-state index contributed by atoms with van der Waals surface area (Å²) < 4.78 is 14.6. The number of amides is 1. The van der Waals surface area contributed by atoms with Crippen molar-refractivity contribution in [1.82, 2.24) is 0 Å². The summed E-state index contributed by atoms with van der Waals surface area (Å²) in [6.07, 6.45) is 7.97. The third kappa shape index (κ3) is 2.38. The maximum absolute atomic E-state index is 14.6. The van der Waals surface area contributed by atoms with Crippen LogP contribution >= 0.6 is 0 Å². The largest absolute Gasteiger partial charge is 0.328 e. The summed E-state index contributed by atoms with van der Waals surface area (Å²) in [6.45, 7) is 0.661. The predicted molar refractivity (Wildman–Crippen MR) is 88.8 cm³/mol. The van der Waals surface area contributed by atoms with E-state index in [1.54, 1.807) is 12.1 Å². The van der Waals surface area contributed by atoms with Crippen molar-refractivity contribution in [2.45, 2.75) is 62.8 Å². The van der Waals surface area contributed by atoms with Gasteiger partial charge < -0.3 is 10.6 Å². The first-order valence-electron chi connectivity index (χ1n) is 8.97. The molecule has 0 aromatic heterocycles. The van der Waals surface area contributed by atoms with Crippen molar-refractivity contribution in [2.75, 3.05) is 11.4 Å². The molecule has 4 heteroatoms. The second-order valence-corrected chi connectivity index (χ2v) is 7.67. The van der Waals surface area contributed by atoms with Crippen LogP contribution in [-0.4, -0.2) is 18.5 Å². The van der Waals surface area contributed by atoms with Crippen molar-refractivity contribution in [1.29, 1.82) is 0 Å². The Labute approximate surface area is 137 Å². The summed E-state index contributed by atoms with van der Waals surface area (Å²) >= 11 is 0. The quantitative estimate of drug-likeness (QED) is 0.862. The van der Waals surface area contributed by atoms with Crippen molar-refractivity contribution < 1.29 is 9.18 Å². The van der Waals surface area contributed by atoms with Gasteiger partial charge in [0.2, 0.25) is 5.91 Å². The SMILES string of the molecule is NC1CCCC(C(=O)N2CC3(CCCC3)c3c(F)cccc32)C1. The van der Waals surface area contributed by atoms with Gasteiger partial charge >= 0.3 is 0 Å². The van der Waals surface area contributed by atoms with E-state index in [0.717, 1.165) is 62.6 Å². The molecule has 23 heavy (non-hydrogen) atoms. The lowest BCUT2D eigenvalue weighted by atomic mass is 9.80. The number of halogens is 1. The third-order valence-electron chi connectivity index (χ3n) is 6.16. The molecule has 1 aliphatic heterocycles. The zero-order valence-electron chi connectivity index (χ0n) is 13.6. The Hall–Kier alpha value is -1.42. The first-order valence-corrected chi connectivity index (χ1v) is 8.97. The summed E-state index contributed by atoms with van der Waals surface area (Å²) in [4.78, 5) is 15.0. The van der Waals surface area contributed by atoms with E-state index in [4.69, 9.17) is 5.73 Å². The third-order valence-corrected chi connectivity index (χ3v) is 6.16. The smallest absolute Gasteiger partial charge is 0.230 e. The summed E-state index contributed by atoms with van der Waals surface area (Å²) in [6, 6.07) is 5.33. The van der Waals surface area contributed by atoms with Crippen LogP contribution in [0.25, 0.3) is 0 Å². The Bertz CT molecular complexity index is 624. The number of fused-ring (bicyclic) bond motifs is 2. The average Bonchev–Trinajstić information content (AvgIpc) is 3.14. The van der Waals surface area contributed by atoms with Crippen LogP contribution in [0, 0.1) is 11.7 Å². The molecule has 2 unspecified atom stereocenters. The summed E-state index contributed by atoms with van der Waals surface area (Å²) in [5.74, 6) is 0.0299. The van der Waals surface area contributed by atoms with E-state index in [1.165, 1.54) is 0 Å². The first kappa shape index (κ1) is 15.1. The summed E-state index contributed by atoms with van der Waals surface area (Å²) in [5.41, 5.74) is 7.53. The van der Waals surface area contributed by atoms with E-state index < -0.39 is 0 Å². The molecule has 3 aliphatic rings. The average molecular weight is 316 g/mol. The zero-order chi connectivity index (χ0) is 16.0. The molecule has 2 aliphatic carbocycles. The number of nitrogens with two attached hydrogens (primary N) is 1. The van der Waals surface area contributed by atoms with Gasteiger partial charge in [0, 0.05) is 29.5 Å². The molecule has 0 saturated heterocycles. The van der Waals surface area contributed by atoms with Crippen LogP contribution < -0.4 is 10.6 Å². The van der Waals surface area contributed by atoms with E-state index in [0.29, 0.717) is 6.54 Å². The lowest BCUT2D eigenvalue weighted by molar-refractivity contribution is -0.123. The highest BCUT2D eigenvalue weighted by Gasteiger charge is 2.48. The molecule has 1 amide bonds. The minimum atomic E-state index is -0.146. The predicted octanol–water partition coefficient (Wildman–Crippen LogP) is 3.50. The number of benzene rings is 1. The fourth-order valence-electron chi connectivity index (χ4n) is 5.06. The maximum Gasteiger partial charge on any atom is 0.230 e. The molecule has 4 rings (SSSR count). The Morgan fingerprint density at radius 2 is 2.00 bits per heavy atom. The lowest BCUT2D eigenvalue weighted by Gasteiger charge is -2.31. The molecule has 2 N–H and O–H groups in total. The fraction of sp³-hybridized carbons (Fsp3) is 0.632. The highest BCUT2D eigenvalue weighted by Crippen LogP contribution is 2.51. The minimum absolute atomic E-state index is 0.00594. The molecule has 1 spiro atoms. The normalized spacial score (nSPS) is 29.0. The van der Waals surface area contributed by atoms with Crippen LogP contribution in [-0.2, 0) is 10.2 Å². The van der Waals surface area contributed by atoms with Gasteiger partial charge in [-0.25, -0.2) is 4.39 Å². The molecule has 1 heterocycles. The van der Waals surface area contributed by atoms with E-state index in [1.807, 2.05) is 11.0 Å². The molecular formula is C19H25FN2O. The number of carbonyl (C=O) groups excluding carboxylic acids is 1. The highest BCUT2D eigenvalue weighted by atomic mass is 19.1. The van der Waals surface area contributed by atoms with Gasteiger partial charge in [-0.3, -0.25) is 4.79 Å². The Morgan fingerprint density at radius 1 is 1.22 bits per heavy atom. The van der Waals surface area contributed by atoms with Crippen LogP contribution in [0.4, 0.5) is 10.1 Å². The van der Waals surface area contributed by atoms with Gasteiger partial charge in [-0.2, -0.15) is 0 Å². The molecule has 1 aromatic rings. The van der Waals surface area contributed by atoms with Crippen LogP contribution in [0.5, 0.6) is 0 Å². The second kappa shape index (κ2) is 5.59. The van der Waals surface area contributed by atoms with Crippen LogP contribution in [0.2, 0.25) is 0 Å². The van der Waals surface area contributed by atoms with Crippen molar-refractivity contribution in [3.63, 3.8) is 0 Å². The molecular weight excluding hydrogens is 291 g/mol. The standard InChI is InChI=1S/C19H25FN2O/c20-15-7-4-8-16-17(15)19(9-1-2-10-19)12-22(16)18(23)13-5-3-6-14(21)11-13/h4,7-8,13-14H,1-3,5-6,9-12,21H2. The monoisotopic (exact) mass is 316 g/mol. The molecule has 2 saturated carbocycles. The number of rotatable bonds is 1. The zero-order valence-corrected chi connectivity index (χ0v) is 13.6. The molecule has 0 bridgehead atoms. The van der Waals surface area contributed by atoms with Gasteiger partial charge in [-0.15, -0.1) is 0 Å². The van der Waals surface area contributed by atoms with Crippen LogP contribution in [0.1, 0.15) is 56.9 Å². The lowest BCUT2D eigenvalue weighted by Crippen LogP contribution is -2.42. The van der Waals surface area contributed by atoms with Gasteiger partial charge in [0.25, 0.3) is 0 Å². The molecule has 124 valence electrons. The summed E-state index contributed by atoms with van der Waals surface area (Å²) in [5, 5.41) is 0. The van der Waals surface area contributed by atoms with Crippen LogP contribution in [0.3, 0.4) is 0 Å². The number of carbonyl (C=O) groups is 1. The topological polar surface area (TPSA) is 46.3 Å². The Kier molecular flexibility index (Phi) is 3.67. The van der Waals surface area contributed by atoms with Gasteiger partial charge in [0.05, 0.1) is 5.69 Å². The number of hydrogen-bond acceptors (Lipinski definition) is 2. The van der Waals surface area contributed by atoms with Crippen molar-refractivity contribution in [3.05, 3.63) is 29.6 Å². The fourth-order valence-corrected chi connectivity index (χ4v) is 5.06. The maximum atomic E-state index is 14.6. The van der Waals surface area contributed by atoms with Crippen molar-refractivity contribution in [3.8, 4) is 0 Å². The molecule has 1 aromatic carbocycles. The van der Waals surface area contributed by atoms with Gasteiger partial charge in [0.1, 0.15) is 5.82 Å². The van der Waals surface area contributed by atoms with Crippen LogP contribution in [0.15, 0.2) is 18.2 Å². The van der Waals surface area contributed by atoms with E-state index >= 15 is 0 Å². The summed E-state index contributed by atoms with van der Waals surface area (Å²) in [7, 11) is 0. The van der Waals surface area contributed by atoms with Crippen molar-refractivity contribution in [2.24, 2.45) is 11.7 Å². The minimum Gasteiger partial charge on any atom is -0.328 e. The highest BCUT2D eigenvalue weighted by molar-refractivity contribution is 5.98. The van der Waals surface area contributed by atoms with Crippen molar-refractivity contribution >= 4 is 11.6 Å². The molecule has 2 atom stereocenters. The van der Waals surface area contributed by atoms with Gasteiger partial charge in [0.15, 0.2) is 0 Å². The van der Waals surface area contributed by atoms with Gasteiger partial charge in [-0.1, -0.05) is 25.3 Å². The molecule has 3 nitrogen and oxygen atoms in total. The Balaban J connectivity index is 1.68. The molecule has 2 fully saturated rings. The first-order chi connectivity index (χ1) is 11.1. The Morgan fingerprint density at radius 3 is 2.74 bits per heavy atom. The number of hydrogen-bond donors (Lipinski definition) is 1. The van der Waals surface area contributed by atoms with E-state index in [-0.39, 0.29) is 29.1 Å². The number of nitrogens with zero attached hydrogens (tertiary/aromatic N) is 1. The van der Waals surface area contributed by atoms with Gasteiger partial charge in [-0.05, 0) is 44.2 Å².